The highest BCUT2D eigenvalue weighted by molar-refractivity contribution is 6.30. The number of non-ortho nitro benzene ring substituents is 1. The van der Waals surface area contributed by atoms with Gasteiger partial charge in [0.1, 0.15) is 12.1 Å². The van der Waals surface area contributed by atoms with Gasteiger partial charge in [-0.05, 0) is 56.3 Å². The number of carbonyl (C=O) groups excluding carboxylic acids is 3. The van der Waals surface area contributed by atoms with Crippen LogP contribution in [0.3, 0.4) is 0 Å². The molecule has 1 aliphatic rings. The van der Waals surface area contributed by atoms with Crippen molar-refractivity contribution in [2.24, 2.45) is 0 Å². The molecule has 0 radical (unpaired) electrons. The summed E-state index contributed by atoms with van der Waals surface area (Å²) >= 11 is 5.85. The zero-order valence-corrected chi connectivity index (χ0v) is 21.7. The number of nitrogens with zero attached hydrogens (tertiary/aromatic N) is 3. The zero-order valence-electron chi connectivity index (χ0n) is 21.0. The maximum absolute atomic E-state index is 13.2. The SMILES string of the molecule is O=C(Cn1ccc(-c2cccc([N+](=O)[O-])c2)n1)NC1(C(=O)NCCNC(=O)c2ccc(Cl)cc2)CCNCC1. The summed E-state index contributed by atoms with van der Waals surface area (Å²) in [5.74, 6) is -0.998. The second-order valence-corrected chi connectivity index (χ2v) is 9.54. The number of hydrogen-bond acceptors (Lipinski definition) is 7. The van der Waals surface area contributed by atoms with Gasteiger partial charge in [0.25, 0.3) is 11.6 Å². The maximum Gasteiger partial charge on any atom is 0.270 e. The second kappa shape index (κ2) is 12.5. The van der Waals surface area contributed by atoms with E-state index in [9.17, 15) is 24.5 Å². The highest BCUT2D eigenvalue weighted by Crippen LogP contribution is 2.22. The van der Waals surface area contributed by atoms with Gasteiger partial charge in [-0.25, -0.2) is 0 Å². The van der Waals surface area contributed by atoms with Crippen LogP contribution in [-0.4, -0.2) is 64.1 Å². The van der Waals surface area contributed by atoms with E-state index in [1.165, 1.54) is 16.8 Å². The van der Waals surface area contributed by atoms with Crippen LogP contribution in [0.4, 0.5) is 5.69 Å². The van der Waals surface area contributed by atoms with Crippen molar-refractivity contribution in [2.75, 3.05) is 26.2 Å². The van der Waals surface area contributed by atoms with E-state index in [1.807, 2.05) is 0 Å². The molecule has 1 fully saturated rings. The van der Waals surface area contributed by atoms with Gasteiger partial charge >= 0.3 is 0 Å². The molecule has 0 bridgehead atoms. The fraction of sp³-hybridized carbons (Fsp3) is 0.308. The average Bonchev–Trinajstić information content (AvgIpc) is 3.40. The Morgan fingerprint density at radius 2 is 1.77 bits per heavy atom. The Hall–Kier alpha value is -4.29. The van der Waals surface area contributed by atoms with Crippen molar-refractivity contribution in [3.63, 3.8) is 0 Å². The Morgan fingerprint density at radius 1 is 1.05 bits per heavy atom. The first-order valence-corrected chi connectivity index (χ1v) is 12.8. The summed E-state index contributed by atoms with van der Waals surface area (Å²) in [6, 6.07) is 14.2. The first-order valence-electron chi connectivity index (χ1n) is 12.4. The van der Waals surface area contributed by atoms with Crippen LogP contribution in [0.25, 0.3) is 11.3 Å². The lowest BCUT2D eigenvalue weighted by Crippen LogP contribution is -2.63. The summed E-state index contributed by atoms with van der Waals surface area (Å²) in [5, 5.41) is 27.6. The van der Waals surface area contributed by atoms with Crippen LogP contribution in [0.15, 0.2) is 60.8 Å². The Balaban J connectivity index is 1.32. The highest BCUT2D eigenvalue weighted by atomic mass is 35.5. The third-order valence-electron chi connectivity index (χ3n) is 6.37. The van der Waals surface area contributed by atoms with Gasteiger partial charge in [0, 0.05) is 47.6 Å². The molecule has 12 nitrogen and oxygen atoms in total. The molecule has 39 heavy (non-hydrogen) atoms. The van der Waals surface area contributed by atoms with E-state index in [0.29, 0.717) is 47.8 Å². The molecule has 0 unspecified atom stereocenters. The summed E-state index contributed by atoms with van der Waals surface area (Å²) in [4.78, 5) is 49.0. The zero-order chi connectivity index (χ0) is 27.8. The third-order valence-corrected chi connectivity index (χ3v) is 6.62. The molecule has 3 aromatic rings. The molecular formula is C26H28ClN7O5. The minimum atomic E-state index is -1.10. The molecule has 0 atom stereocenters. The summed E-state index contributed by atoms with van der Waals surface area (Å²) in [7, 11) is 0. The number of nitrogens with one attached hydrogen (secondary N) is 4. The molecule has 1 aromatic heterocycles. The first-order chi connectivity index (χ1) is 18.8. The smallest absolute Gasteiger partial charge is 0.270 e. The number of benzene rings is 2. The van der Waals surface area contributed by atoms with Crippen LogP contribution < -0.4 is 21.3 Å². The molecular weight excluding hydrogens is 526 g/mol. The fourth-order valence-electron chi connectivity index (χ4n) is 4.32. The molecule has 13 heteroatoms. The van der Waals surface area contributed by atoms with Gasteiger partial charge in [-0.1, -0.05) is 23.7 Å². The molecule has 3 amide bonds. The topological polar surface area (TPSA) is 160 Å². The maximum atomic E-state index is 13.2. The Kier molecular flexibility index (Phi) is 8.89. The number of aromatic nitrogens is 2. The molecule has 2 aromatic carbocycles. The number of nitro groups is 1. The molecule has 0 spiro atoms. The minimum Gasteiger partial charge on any atom is -0.352 e. The Morgan fingerprint density at radius 3 is 2.49 bits per heavy atom. The number of nitro benzene ring substituents is 1. The second-order valence-electron chi connectivity index (χ2n) is 9.10. The van der Waals surface area contributed by atoms with Crippen molar-refractivity contribution in [3.8, 4) is 11.3 Å². The Bertz CT molecular complexity index is 1350. The number of halogens is 1. The van der Waals surface area contributed by atoms with Gasteiger partial charge in [-0.2, -0.15) is 5.10 Å². The van der Waals surface area contributed by atoms with Gasteiger partial charge in [0.15, 0.2) is 0 Å². The van der Waals surface area contributed by atoms with Crippen molar-refractivity contribution in [2.45, 2.75) is 24.9 Å². The quantitative estimate of drug-likeness (QED) is 0.169. The van der Waals surface area contributed by atoms with Crippen LogP contribution in [-0.2, 0) is 16.1 Å². The van der Waals surface area contributed by atoms with Crippen molar-refractivity contribution in [1.29, 1.82) is 0 Å². The van der Waals surface area contributed by atoms with E-state index in [2.05, 4.69) is 26.4 Å². The number of carbonyl (C=O) groups is 3. The van der Waals surface area contributed by atoms with Gasteiger partial charge in [-0.15, -0.1) is 0 Å². The van der Waals surface area contributed by atoms with E-state index < -0.39 is 16.4 Å². The normalized spacial score (nSPS) is 14.3. The predicted molar refractivity (Wildman–Crippen MR) is 144 cm³/mol. The van der Waals surface area contributed by atoms with Gasteiger partial charge in [0.2, 0.25) is 11.8 Å². The van der Waals surface area contributed by atoms with Crippen molar-refractivity contribution in [3.05, 3.63) is 81.5 Å². The number of amides is 3. The standard InChI is InChI=1S/C26H28ClN7O5/c27-20-6-4-18(5-7-20)24(36)29-13-14-30-25(37)26(9-11-28-12-10-26)31-23(35)17-33-15-8-22(32-33)19-2-1-3-21(16-19)34(38)39/h1-8,15-16,28H,9-14,17H2,(H,29,36)(H,30,37)(H,31,35). The molecule has 0 aliphatic carbocycles. The lowest BCUT2D eigenvalue weighted by atomic mass is 9.87. The largest absolute Gasteiger partial charge is 0.352 e. The minimum absolute atomic E-state index is 0.0526. The lowest BCUT2D eigenvalue weighted by molar-refractivity contribution is -0.384. The van der Waals surface area contributed by atoms with Crippen LogP contribution in [0, 0.1) is 10.1 Å². The molecule has 1 aliphatic heterocycles. The van der Waals surface area contributed by atoms with Gasteiger partial charge in [-0.3, -0.25) is 29.2 Å². The van der Waals surface area contributed by atoms with Crippen LogP contribution in [0.5, 0.6) is 0 Å². The molecule has 204 valence electrons. The van der Waals surface area contributed by atoms with Crippen molar-refractivity contribution >= 4 is 35.0 Å². The number of rotatable bonds is 10. The van der Waals surface area contributed by atoms with Crippen LogP contribution in [0.2, 0.25) is 5.02 Å². The third kappa shape index (κ3) is 7.18. The van der Waals surface area contributed by atoms with Crippen molar-refractivity contribution < 1.29 is 19.3 Å². The van der Waals surface area contributed by atoms with Crippen LogP contribution in [0.1, 0.15) is 23.2 Å². The van der Waals surface area contributed by atoms with Crippen molar-refractivity contribution in [1.82, 2.24) is 31.0 Å². The van der Waals surface area contributed by atoms with Crippen LogP contribution >= 0.6 is 11.6 Å². The van der Waals surface area contributed by atoms with E-state index in [1.54, 1.807) is 48.7 Å². The first kappa shape index (κ1) is 27.7. The molecule has 1 saturated heterocycles. The Labute approximate surface area is 229 Å². The molecule has 2 heterocycles. The van der Waals surface area contributed by atoms with E-state index in [0.717, 1.165) is 0 Å². The van der Waals surface area contributed by atoms with E-state index in [-0.39, 0.29) is 37.1 Å². The summed E-state index contributed by atoms with van der Waals surface area (Å²) in [5.41, 5.74) is 0.351. The highest BCUT2D eigenvalue weighted by Gasteiger charge is 2.40. The average molecular weight is 554 g/mol. The number of hydrogen-bond donors (Lipinski definition) is 4. The lowest BCUT2D eigenvalue weighted by Gasteiger charge is -2.37. The predicted octanol–water partition coefficient (Wildman–Crippen LogP) is 1.90. The summed E-state index contributed by atoms with van der Waals surface area (Å²) in [6.45, 7) is 1.38. The summed E-state index contributed by atoms with van der Waals surface area (Å²) in [6.07, 6.45) is 2.41. The molecule has 0 saturated carbocycles. The van der Waals surface area contributed by atoms with E-state index >= 15 is 0 Å². The summed E-state index contributed by atoms with van der Waals surface area (Å²) < 4.78 is 1.42. The monoisotopic (exact) mass is 553 g/mol. The molecule has 4 N–H and O–H groups in total. The van der Waals surface area contributed by atoms with Gasteiger partial charge < -0.3 is 21.3 Å². The fourth-order valence-corrected chi connectivity index (χ4v) is 4.45. The number of piperidine rings is 1. The van der Waals surface area contributed by atoms with E-state index in [4.69, 9.17) is 11.6 Å². The molecule has 4 rings (SSSR count). The van der Waals surface area contributed by atoms with Gasteiger partial charge in [0.05, 0.1) is 10.6 Å².